The summed E-state index contributed by atoms with van der Waals surface area (Å²) in [6, 6.07) is 7.86. The maximum absolute atomic E-state index is 13.2. The number of nitrogen functional groups attached to an aromatic ring is 1. The molecule has 31 heavy (non-hydrogen) atoms. The van der Waals surface area contributed by atoms with Gasteiger partial charge in [0.15, 0.2) is 11.5 Å². The van der Waals surface area contributed by atoms with Crippen molar-refractivity contribution in [2.24, 2.45) is 5.41 Å². The number of nitrogens with two attached hydrogens (primary N) is 1. The molecule has 0 bridgehead atoms. The second kappa shape index (κ2) is 9.94. The molecule has 1 aliphatic heterocycles. The minimum Gasteiger partial charge on any atom is -0.504 e. The molecule has 0 radical (unpaired) electrons. The summed E-state index contributed by atoms with van der Waals surface area (Å²) >= 11 is 6.23. The number of anilines is 1. The Labute approximate surface area is 215 Å². The molecule has 1 aliphatic rings. The van der Waals surface area contributed by atoms with E-state index in [1.165, 1.54) is 5.56 Å². The molecule has 1 unspecified atom stereocenters. The van der Waals surface area contributed by atoms with E-state index in [2.05, 4.69) is 78.1 Å². The van der Waals surface area contributed by atoms with Crippen molar-refractivity contribution in [1.82, 2.24) is 4.90 Å². The number of phenols is 1. The topological polar surface area (TPSA) is 75.8 Å². The van der Waals surface area contributed by atoms with Gasteiger partial charge in [-0.2, -0.15) is 0 Å². The van der Waals surface area contributed by atoms with Crippen LogP contribution < -0.4 is 10.5 Å². The number of methoxy groups -OCH3 is 1. The fraction of sp³-hybridized carbons (Fsp3) is 0.435. The van der Waals surface area contributed by atoms with E-state index in [-0.39, 0.29) is 22.4 Å². The molecule has 3 rings (SSSR count). The number of nitrogens with zero attached hydrogens (tertiary/aromatic N) is 1. The molecule has 2 aromatic rings. The van der Waals surface area contributed by atoms with E-state index < -0.39 is 0 Å². The van der Waals surface area contributed by atoms with Crippen LogP contribution >= 0.6 is 56.9 Å². The molecule has 1 amide bonds. The third-order valence-electron chi connectivity index (χ3n) is 5.16. The molecule has 1 heterocycles. The van der Waals surface area contributed by atoms with Gasteiger partial charge in [0.2, 0.25) is 5.91 Å². The number of rotatable bonds is 5. The third kappa shape index (κ3) is 5.93. The van der Waals surface area contributed by atoms with Crippen molar-refractivity contribution >= 4 is 68.5 Å². The summed E-state index contributed by atoms with van der Waals surface area (Å²) in [5, 5.41) is 10.3. The maximum atomic E-state index is 13.2. The van der Waals surface area contributed by atoms with E-state index in [9.17, 15) is 9.90 Å². The van der Waals surface area contributed by atoms with Gasteiger partial charge in [-0.1, -0.05) is 20.8 Å². The van der Waals surface area contributed by atoms with Gasteiger partial charge in [-0.25, -0.2) is 0 Å². The van der Waals surface area contributed by atoms with E-state index in [1.54, 1.807) is 24.9 Å². The van der Waals surface area contributed by atoms with Gasteiger partial charge in [0.25, 0.3) is 0 Å². The van der Waals surface area contributed by atoms with Gasteiger partial charge in [-0.3, -0.25) is 4.79 Å². The van der Waals surface area contributed by atoms with Crippen molar-refractivity contribution in [2.75, 3.05) is 19.4 Å². The highest BCUT2D eigenvalue weighted by Gasteiger charge is 2.33. The fourth-order valence-electron chi connectivity index (χ4n) is 3.65. The quantitative estimate of drug-likeness (QED) is 0.305. The summed E-state index contributed by atoms with van der Waals surface area (Å²) in [6.45, 7) is 6.91. The lowest BCUT2D eigenvalue weighted by Crippen LogP contribution is -2.40. The van der Waals surface area contributed by atoms with E-state index in [4.69, 9.17) is 10.5 Å². The Hall–Kier alpha value is -0.880. The van der Waals surface area contributed by atoms with Gasteiger partial charge >= 0.3 is 0 Å². The predicted molar refractivity (Wildman–Crippen MR) is 144 cm³/mol. The summed E-state index contributed by atoms with van der Waals surface area (Å²) in [6.07, 6.45) is 1.23. The number of thioether (sulfide) groups is 1. The first-order valence-electron chi connectivity index (χ1n) is 10.0. The van der Waals surface area contributed by atoms with E-state index >= 15 is 0 Å². The third-order valence-corrected chi connectivity index (χ3v) is 8.27. The number of hydrogen-bond acceptors (Lipinski definition) is 5. The first-order chi connectivity index (χ1) is 14.5. The number of carbonyl (C=O) groups excluding carboxylic acids is 1. The van der Waals surface area contributed by atoms with E-state index in [0.29, 0.717) is 18.7 Å². The molecule has 3 N–H and O–H groups in total. The average molecular weight is 666 g/mol. The number of fused-ring (bicyclic) bond motifs is 1. The van der Waals surface area contributed by atoms with Crippen molar-refractivity contribution in [3.8, 4) is 11.5 Å². The first-order valence-corrected chi connectivity index (χ1v) is 13.2. The number of halogens is 2. The van der Waals surface area contributed by atoms with Gasteiger partial charge in [0, 0.05) is 25.9 Å². The van der Waals surface area contributed by atoms with E-state index in [0.717, 1.165) is 36.1 Å². The van der Waals surface area contributed by atoms with Crippen molar-refractivity contribution in [3.05, 3.63) is 48.1 Å². The Bertz CT molecular complexity index is 969. The van der Waals surface area contributed by atoms with E-state index in [1.807, 2.05) is 11.0 Å². The molecule has 168 valence electrons. The summed E-state index contributed by atoms with van der Waals surface area (Å²) in [5.74, 6) is 1.46. The molecule has 1 atom stereocenters. The van der Waals surface area contributed by atoms with Crippen molar-refractivity contribution in [3.63, 3.8) is 0 Å². The normalized spacial score (nSPS) is 16.2. The SMILES string of the molecule is COc1cc2c(cc1O)C(SCc1cc(I)c(N)c(I)c1)N(C(=O)CC(C)(C)C)CC2. The Morgan fingerprint density at radius 3 is 2.48 bits per heavy atom. The van der Waals surface area contributed by atoms with Crippen molar-refractivity contribution in [1.29, 1.82) is 0 Å². The second-order valence-corrected chi connectivity index (χ2v) is 12.3. The Balaban J connectivity index is 1.94. The highest BCUT2D eigenvalue weighted by molar-refractivity contribution is 14.1. The lowest BCUT2D eigenvalue weighted by atomic mass is 9.90. The molecule has 8 heteroatoms. The summed E-state index contributed by atoms with van der Waals surface area (Å²) in [5.41, 5.74) is 10.1. The Kier molecular flexibility index (Phi) is 7.94. The number of phenolic OH excluding ortho intramolecular Hbond substituents is 1. The Morgan fingerprint density at radius 1 is 1.26 bits per heavy atom. The Morgan fingerprint density at radius 2 is 1.90 bits per heavy atom. The van der Waals surface area contributed by atoms with Crippen LogP contribution in [0, 0.1) is 12.6 Å². The summed E-state index contributed by atoms with van der Waals surface area (Å²) in [7, 11) is 1.56. The molecule has 2 aromatic carbocycles. The molecule has 0 saturated heterocycles. The largest absolute Gasteiger partial charge is 0.504 e. The van der Waals surface area contributed by atoms with Crippen molar-refractivity contribution < 1.29 is 14.6 Å². The van der Waals surface area contributed by atoms with Gasteiger partial charge in [-0.15, -0.1) is 11.8 Å². The zero-order valence-electron chi connectivity index (χ0n) is 18.2. The molecule has 0 fully saturated rings. The lowest BCUT2D eigenvalue weighted by Gasteiger charge is -2.38. The molecule has 0 saturated carbocycles. The van der Waals surface area contributed by atoms with Crippen LogP contribution in [0.5, 0.6) is 11.5 Å². The summed E-state index contributed by atoms with van der Waals surface area (Å²) < 4.78 is 7.37. The molecular formula is C23H28I2N2O3S. The van der Waals surface area contributed by atoms with Gasteiger partial charge in [0.05, 0.1) is 12.8 Å². The molecule has 0 aliphatic carbocycles. The zero-order valence-corrected chi connectivity index (χ0v) is 23.3. The fourth-order valence-corrected chi connectivity index (χ4v) is 6.86. The van der Waals surface area contributed by atoms with Crippen LogP contribution in [0.4, 0.5) is 5.69 Å². The average Bonchev–Trinajstić information content (AvgIpc) is 2.68. The highest BCUT2D eigenvalue weighted by atomic mass is 127. The number of carbonyl (C=O) groups is 1. The predicted octanol–water partition coefficient (Wildman–Crippen LogP) is 5.95. The first kappa shape index (κ1) is 24.8. The van der Waals surface area contributed by atoms with Gasteiger partial charge < -0.3 is 20.5 Å². The summed E-state index contributed by atoms with van der Waals surface area (Å²) in [4.78, 5) is 15.2. The number of ether oxygens (including phenoxy) is 1. The smallest absolute Gasteiger partial charge is 0.224 e. The van der Waals surface area contributed by atoms with Crippen LogP contribution in [0.25, 0.3) is 0 Å². The molecule has 5 nitrogen and oxygen atoms in total. The van der Waals surface area contributed by atoms with Crippen LogP contribution in [0.2, 0.25) is 0 Å². The van der Waals surface area contributed by atoms with Gasteiger partial charge in [-0.05, 0) is 98.0 Å². The van der Waals surface area contributed by atoms with Crippen LogP contribution in [-0.4, -0.2) is 29.6 Å². The van der Waals surface area contributed by atoms with Crippen LogP contribution in [-0.2, 0) is 17.0 Å². The standard InChI is InChI=1S/C23H28I2N2O3S/c1-23(2,3)11-20(29)27-6-5-14-9-19(30-4)18(28)10-15(14)22(27)31-12-13-7-16(24)21(26)17(25)8-13/h7-10,22,28H,5-6,11-12,26H2,1-4H3. The number of amides is 1. The second-order valence-electron chi connectivity index (χ2n) is 8.93. The minimum absolute atomic E-state index is 0.0855. The van der Waals surface area contributed by atoms with Gasteiger partial charge in [0.1, 0.15) is 5.37 Å². The zero-order chi connectivity index (χ0) is 22.9. The van der Waals surface area contributed by atoms with Crippen molar-refractivity contribution in [2.45, 2.75) is 44.7 Å². The number of aromatic hydroxyl groups is 1. The number of benzene rings is 2. The molecular weight excluding hydrogens is 638 g/mol. The molecule has 0 spiro atoms. The monoisotopic (exact) mass is 666 g/mol. The van der Waals surface area contributed by atoms with Crippen LogP contribution in [0.1, 0.15) is 49.3 Å². The lowest BCUT2D eigenvalue weighted by molar-refractivity contribution is -0.134. The van der Waals surface area contributed by atoms with Crippen LogP contribution in [0.15, 0.2) is 24.3 Å². The van der Waals surface area contributed by atoms with Crippen LogP contribution in [0.3, 0.4) is 0 Å². The maximum Gasteiger partial charge on any atom is 0.224 e. The highest BCUT2D eigenvalue weighted by Crippen LogP contribution is 2.44. The minimum atomic E-state index is -0.164. The number of hydrogen-bond donors (Lipinski definition) is 2. The molecule has 0 aromatic heterocycles.